The van der Waals surface area contributed by atoms with Gasteiger partial charge in [-0.25, -0.2) is 8.42 Å². The molecular weight excluding hydrogens is 300 g/mol. The minimum absolute atomic E-state index is 0.0854. The molecule has 106 valence electrons. The van der Waals surface area contributed by atoms with Gasteiger partial charge in [0.15, 0.2) is 0 Å². The van der Waals surface area contributed by atoms with Gasteiger partial charge in [0.05, 0.1) is 4.90 Å². The lowest BCUT2D eigenvalue weighted by atomic mass is 10.3. The molecule has 0 atom stereocenters. The number of nitrogens with zero attached hydrogens (tertiary/aromatic N) is 2. The van der Waals surface area contributed by atoms with E-state index in [0.29, 0.717) is 12.1 Å². The third-order valence-corrected chi connectivity index (χ3v) is 4.44. The SMILES string of the molecule is CCC(=O)Nc1ccc(S(=O)(=O)Nc2nncs2)cc1. The first-order valence-electron chi connectivity index (χ1n) is 5.70. The third-order valence-electron chi connectivity index (χ3n) is 2.35. The minimum Gasteiger partial charge on any atom is -0.326 e. The summed E-state index contributed by atoms with van der Waals surface area (Å²) in [6, 6.07) is 5.88. The van der Waals surface area contributed by atoms with Crippen molar-refractivity contribution in [3.05, 3.63) is 29.8 Å². The molecule has 2 N–H and O–H groups in total. The van der Waals surface area contributed by atoms with Crippen LogP contribution in [0, 0.1) is 0 Å². The minimum atomic E-state index is -3.69. The van der Waals surface area contributed by atoms with E-state index >= 15 is 0 Å². The molecule has 1 heterocycles. The Hall–Kier alpha value is -2.00. The molecule has 7 nitrogen and oxygen atoms in total. The van der Waals surface area contributed by atoms with Crippen molar-refractivity contribution >= 4 is 38.1 Å². The van der Waals surface area contributed by atoms with Crippen LogP contribution < -0.4 is 10.0 Å². The molecule has 1 aromatic heterocycles. The molecule has 0 saturated carbocycles. The molecule has 2 aromatic rings. The molecular formula is C11H12N4O3S2. The summed E-state index contributed by atoms with van der Waals surface area (Å²) in [5, 5.41) is 10.0. The summed E-state index contributed by atoms with van der Waals surface area (Å²) in [7, 11) is -3.69. The van der Waals surface area contributed by atoms with Crippen LogP contribution in [0.2, 0.25) is 0 Å². The van der Waals surface area contributed by atoms with Crippen molar-refractivity contribution < 1.29 is 13.2 Å². The van der Waals surface area contributed by atoms with E-state index in [2.05, 4.69) is 20.2 Å². The summed E-state index contributed by atoms with van der Waals surface area (Å²) in [6.07, 6.45) is 0.360. The Morgan fingerprint density at radius 1 is 1.30 bits per heavy atom. The van der Waals surface area contributed by atoms with Crippen LogP contribution in [0.5, 0.6) is 0 Å². The highest BCUT2D eigenvalue weighted by molar-refractivity contribution is 7.93. The maximum Gasteiger partial charge on any atom is 0.263 e. The standard InChI is InChI=1S/C11H12N4O3S2/c1-2-10(16)13-8-3-5-9(6-4-8)20(17,18)15-11-14-12-7-19-11/h3-7H,2H2,1H3,(H,13,16)(H,14,15). The molecule has 0 aliphatic rings. The molecule has 0 bridgehead atoms. The number of rotatable bonds is 5. The third kappa shape index (κ3) is 3.52. The fourth-order valence-electron chi connectivity index (χ4n) is 1.36. The molecule has 0 radical (unpaired) electrons. The van der Waals surface area contributed by atoms with E-state index in [9.17, 15) is 13.2 Å². The van der Waals surface area contributed by atoms with Gasteiger partial charge < -0.3 is 5.32 Å². The zero-order chi connectivity index (χ0) is 14.6. The van der Waals surface area contributed by atoms with E-state index in [1.807, 2.05) is 0 Å². The Labute approximate surface area is 120 Å². The molecule has 0 aliphatic carbocycles. The number of hydrogen-bond donors (Lipinski definition) is 2. The molecule has 0 spiro atoms. The van der Waals surface area contributed by atoms with Gasteiger partial charge in [-0.05, 0) is 24.3 Å². The van der Waals surface area contributed by atoms with E-state index in [1.54, 1.807) is 6.92 Å². The predicted octanol–water partition coefficient (Wildman–Crippen LogP) is 1.69. The van der Waals surface area contributed by atoms with Crippen molar-refractivity contribution in [1.29, 1.82) is 0 Å². The Kier molecular flexibility index (Phi) is 4.30. The molecule has 9 heteroatoms. The van der Waals surface area contributed by atoms with Gasteiger partial charge in [0.2, 0.25) is 11.0 Å². The van der Waals surface area contributed by atoms with Crippen LogP contribution >= 0.6 is 11.3 Å². The maximum atomic E-state index is 12.0. The second-order valence-electron chi connectivity index (χ2n) is 3.78. The lowest BCUT2D eigenvalue weighted by Crippen LogP contribution is -2.13. The summed E-state index contributed by atoms with van der Waals surface area (Å²) >= 11 is 1.09. The zero-order valence-corrected chi connectivity index (χ0v) is 12.2. The summed E-state index contributed by atoms with van der Waals surface area (Å²) in [6.45, 7) is 1.74. The van der Waals surface area contributed by atoms with E-state index < -0.39 is 10.0 Å². The molecule has 2 rings (SSSR count). The smallest absolute Gasteiger partial charge is 0.263 e. The lowest BCUT2D eigenvalue weighted by molar-refractivity contribution is -0.115. The van der Waals surface area contributed by atoms with Gasteiger partial charge >= 0.3 is 0 Å². The zero-order valence-electron chi connectivity index (χ0n) is 10.5. The van der Waals surface area contributed by atoms with Crippen molar-refractivity contribution in [2.75, 3.05) is 10.0 Å². The first kappa shape index (κ1) is 14.4. The molecule has 0 unspecified atom stereocenters. The number of amides is 1. The molecule has 0 saturated heterocycles. The largest absolute Gasteiger partial charge is 0.326 e. The molecule has 0 fully saturated rings. The lowest BCUT2D eigenvalue weighted by Gasteiger charge is -2.07. The van der Waals surface area contributed by atoms with Gasteiger partial charge in [-0.15, -0.1) is 10.2 Å². The van der Waals surface area contributed by atoms with Crippen LogP contribution in [0.25, 0.3) is 0 Å². The van der Waals surface area contributed by atoms with Crippen molar-refractivity contribution in [1.82, 2.24) is 10.2 Å². The summed E-state index contributed by atoms with van der Waals surface area (Å²) in [5.41, 5.74) is 1.98. The van der Waals surface area contributed by atoms with E-state index in [0.717, 1.165) is 11.3 Å². The van der Waals surface area contributed by atoms with Gasteiger partial charge in [-0.3, -0.25) is 9.52 Å². The van der Waals surface area contributed by atoms with Crippen LogP contribution in [0.1, 0.15) is 13.3 Å². The molecule has 1 amide bonds. The quantitative estimate of drug-likeness (QED) is 0.875. The number of carbonyl (C=O) groups excluding carboxylic acids is 1. The van der Waals surface area contributed by atoms with E-state index in [-0.39, 0.29) is 15.9 Å². The average molecular weight is 312 g/mol. The fraction of sp³-hybridized carbons (Fsp3) is 0.182. The van der Waals surface area contributed by atoms with E-state index in [4.69, 9.17) is 0 Å². The summed E-state index contributed by atoms with van der Waals surface area (Å²) < 4.78 is 26.4. The summed E-state index contributed by atoms with van der Waals surface area (Å²) in [5.74, 6) is -0.132. The van der Waals surface area contributed by atoms with Gasteiger partial charge in [0.25, 0.3) is 10.0 Å². The average Bonchev–Trinajstić information content (AvgIpc) is 2.91. The van der Waals surface area contributed by atoms with Crippen molar-refractivity contribution in [2.24, 2.45) is 0 Å². The van der Waals surface area contributed by atoms with Gasteiger partial charge in [0, 0.05) is 12.1 Å². The Morgan fingerprint density at radius 2 is 2.00 bits per heavy atom. The Morgan fingerprint density at radius 3 is 2.55 bits per heavy atom. The van der Waals surface area contributed by atoms with Crippen molar-refractivity contribution in [3.63, 3.8) is 0 Å². The second kappa shape index (κ2) is 5.97. The van der Waals surface area contributed by atoms with Gasteiger partial charge in [-0.2, -0.15) is 0 Å². The van der Waals surface area contributed by atoms with Crippen LogP contribution in [-0.2, 0) is 14.8 Å². The van der Waals surface area contributed by atoms with Gasteiger partial charge in [-0.1, -0.05) is 18.3 Å². The first-order valence-corrected chi connectivity index (χ1v) is 8.06. The number of sulfonamides is 1. The highest BCUT2D eigenvalue weighted by Crippen LogP contribution is 2.18. The molecule has 20 heavy (non-hydrogen) atoms. The van der Waals surface area contributed by atoms with Crippen LogP contribution in [-0.4, -0.2) is 24.5 Å². The van der Waals surface area contributed by atoms with Crippen LogP contribution in [0.4, 0.5) is 10.8 Å². The highest BCUT2D eigenvalue weighted by atomic mass is 32.2. The number of aromatic nitrogens is 2. The monoisotopic (exact) mass is 312 g/mol. The number of hydrogen-bond acceptors (Lipinski definition) is 6. The highest BCUT2D eigenvalue weighted by Gasteiger charge is 2.15. The first-order chi connectivity index (χ1) is 9.51. The number of carbonyl (C=O) groups is 1. The maximum absolute atomic E-state index is 12.0. The Bertz CT molecular complexity index is 681. The number of benzene rings is 1. The van der Waals surface area contributed by atoms with Gasteiger partial charge in [0.1, 0.15) is 5.51 Å². The topological polar surface area (TPSA) is 101 Å². The normalized spacial score (nSPS) is 11.1. The molecule has 1 aromatic carbocycles. The summed E-state index contributed by atoms with van der Waals surface area (Å²) in [4.78, 5) is 11.3. The van der Waals surface area contributed by atoms with Crippen molar-refractivity contribution in [2.45, 2.75) is 18.2 Å². The number of anilines is 2. The van der Waals surface area contributed by atoms with Crippen LogP contribution in [0.3, 0.4) is 0 Å². The second-order valence-corrected chi connectivity index (χ2v) is 6.29. The predicted molar refractivity (Wildman–Crippen MR) is 76.1 cm³/mol. The van der Waals surface area contributed by atoms with Crippen molar-refractivity contribution in [3.8, 4) is 0 Å². The number of nitrogens with one attached hydrogen (secondary N) is 2. The van der Waals surface area contributed by atoms with E-state index in [1.165, 1.54) is 29.8 Å². The fourth-order valence-corrected chi connectivity index (χ4v) is 3.05. The van der Waals surface area contributed by atoms with Crippen LogP contribution in [0.15, 0.2) is 34.7 Å². The molecule has 0 aliphatic heterocycles. The Balaban J connectivity index is 2.14.